The summed E-state index contributed by atoms with van der Waals surface area (Å²) in [5.41, 5.74) is 0.159. The van der Waals surface area contributed by atoms with Crippen molar-refractivity contribution in [2.24, 2.45) is 5.92 Å². The monoisotopic (exact) mass is 296 g/mol. The molecule has 1 unspecified atom stereocenters. The summed E-state index contributed by atoms with van der Waals surface area (Å²) < 4.78 is 0.945. The topological polar surface area (TPSA) is 37.3 Å². The molecule has 92 valence electrons. The third-order valence-electron chi connectivity index (χ3n) is 4.04. The zero-order valence-electron chi connectivity index (χ0n) is 9.95. The molecule has 0 radical (unpaired) electrons. The molecule has 0 amide bonds. The van der Waals surface area contributed by atoms with Crippen LogP contribution in [0, 0.1) is 5.92 Å². The Morgan fingerprint density at radius 2 is 2.06 bits per heavy atom. The smallest absolute Gasteiger partial charge is 0.314 e. The molecule has 1 aliphatic carbocycles. The molecule has 0 spiro atoms. The van der Waals surface area contributed by atoms with Crippen molar-refractivity contribution in [3.8, 4) is 0 Å². The van der Waals surface area contributed by atoms with Crippen LogP contribution in [0.15, 0.2) is 28.7 Å². The Kier molecular flexibility index (Phi) is 3.57. The maximum atomic E-state index is 11.7. The quantitative estimate of drug-likeness (QED) is 0.916. The lowest BCUT2D eigenvalue weighted by Crippen LogP contribution is -2.39. The van der Waals surface area contributed by atoms with E-state index in [1.54, 1.807) is 0 Å². The van der Waals surface area contributed by atoms with E-state index in [0.29, 0.717) is 0 Å². The van der Waals surface area contributed by atoms with Crippen molar-refractivity contribution in [1.82, 2.24) is 0 Å². The number of carboxylic acids is 1. The Labute approximate surface area is 110 Å². The molecule has 2 rings (SSSR count). The first-order chi connectivity index (χ1) is 8.05. The fourth-order valence-corrected chi connectivity index (χ4v) is 3.25. The van der Waals surface area contributed by atoms with Gasteiger partial charge in [-0.1, -0.05) is 40.9 Å². The second-order valence-electron chi connectivity index (χ2n) is 5.00. The third kappa shape index (κ3) is 2.25. The first-order valence-electron chi connectivity index (χ1n) is 6.04. The molecule has 2 nitrogen and oxygen atoms in total. The second kappa shape index (κ2) is 4.81. The highest BCUT2D eigenvalue weighted by Crippen LogP contribution is 2.42. The summed E-state index contributed by atoms with van der Waals surface area (Å²) in [5, 5.41) is 9.62. The molecule has 1 aromatic rings. The lowest BCUT2D eigenvalue weighted by Gasteiger charge is -2.32. The van der Waals surface area contributed by atoms with Crippen LogP contribution < -0.4 is 0 Å². The summed E-state index contributed by atoms with van der Waals surface area (Å²) in [6.45, 7) is 1.87. The minimum absolute atomic E-state index is 0.259. The Balaban J connectivity index is 2.43. The zero-order chi connectivity index (χ0) is 12.5. The predicted octanol–water partition coefficient (Wildman–Crippen LogP) is 3.98. The number of hydrogen-bond donors (Lipinski definition) is 1. The van der Waals surface area contributed by atoms with E-state index in [-0.39, 0.29) is 5.92 Å². The van der Waals surface area contributed by atoms with Gasteiger partial charge < -0.3 is 5.11 Å². The number of aliphatic carboxylic acids is 1. The van der Waals surface area contributed by atoms with Crippen LogP contribution in [0.3, 0.4) is 0 Å². The van der Waals surface area contributed by atoms with Crippen molar-refractivity contribution in [3.05, 3.63) is 34.3 Å². The highest BCUT2D eigenvalue weighted by atomic mass is 79.9. The summed E-state index contributed by atoms with van der Waals surface area (Å²) in [4.78, 5) is 11.7. The average Bonchev–Trinajstić information content (AvgIpc) is 2.81. The van der Waals surface area contributed by atoms with Gasteiger partial charge in [0.05, 0.1) is 5.41 Å². The highest BCUT2D eigenvalue weighted by molar-refractivity contribution is 9.10. The normalized spacial score (nSPS) is 20.1. The minimum atomic E-state index is -0.750. The van der Waals surface area contributed by atoms with Crippen molar-refractivity contribution in [1.29, 1.82) is 0 Å². The molecular weight excluding hydrogens is 280 g/mol. The third-order valence-corrected chi connectivity index (χ3v) is 4.53. The molecule has 0 saturated heterocycles. The van der Waals surface area contributed by atoms with Crippen molar-refractivity contribution in [2.45, 2.75) is 38.0 Å². The second-order valence-corrected chi connectivity index (χ2v) is 5.91. The summed E-state index contributed by atoms with van der Waals surface area (Å²) in [7, 11) is 0. The number of benzene rings is 1. The summed E-state index contributed by atoms with van der Waals surface area (Å²) in [6.07, 6.45) is 4.35. The van der Waals surface area contributed by atoms with Crippen LogP contribution in [-0.2, 0) is 10.2 Å². The van der Waals surface area contributed by atoms with Crippen LogP contribution in [0.2, 0.25) is 0 Å². The van der Waals surface area contributed by atoms with E-state index < -0.39 is 11.4 Å². The molecule has 17 heavy (non-hydrogen) atoms. The highest BCUT2D eigenvalue weighted by Gasteiger charge is 2.43. The van der Waals surface area contributed by atoms with Crippen molar-refractivity contribution >= 4 is 21.9 Å². The molecule has 0 aromatic heterocycles. The molecule has 1 aliphatic rings. The molecule has 0 aliphatic heterocycles. The molecule has 1 aromatic carbocycles. The maximum absolute atomic E-state index is 11.7. The van der Waals surface area contributed by atoms with Gasteiger partial charge >= 0.3 is 5.97 Å². The number of carbonyl (C=O) groups is 1. The van der Waals surface area contributed by atoms with Crippen LogP contribution in [0.5, 0.6) is 0 Å². The van der Waals surface area contributed by atoms with Gasteiger partial charge in [0, 0.05) is 4.47 Å². The van der Waals surface area contributed by atoms with E-state index in [9.17, 15) is 9.90 Å². The van der Waals surface area contributed by atoms with E-state index in [1.807, 2.05) is 31.2 Å². The molecular formula is C14H17BrO2. The average molecular weight is 297 g/mol. The Hall–Kier alpha value is -0.830. The minimum Gasteiger partial charge on any atom is -0.481 e. The van der Waals surface area contributed by atoms with Gasteiger partial charge in [0.15, 0.2) is 0 Å². The van der Waals surface area contributed by atoms with Gasteiger partial charge in [-0.25, -0.2) is 0 Å². The fourth-order valence-electron chi connectivity index (χ4n) is 2.85. The van der Waals surface area contributed by atoms with Gasteiger partial charge in [-0.3, -0.25) is 4.79 Å². The standard InChI is InChI=1S/C14H17BrO2/c1-14(13(16)17,10-5-2-3-6-10)11-7-4-8-12(15)9-11/h4,7-10H,2-3,5-6H2,1H3,(H,16,17). The summed E-state index contributed by atoms with van der Waals surface area (Å²) >= 11 is 3.42. The van der Waals surface area contributed by atoms with E-state index in [1.165, 1.54) is 0 Å². The first-order valence-corrected chi connectivity index (χ1v) is 6.84. The van der Waals surface area contributed by atoms with Crippen molar-refractivity contribution in [2.75, 3.05) is 0 Å². The van der Waals surface area contributed by atoms with Gasteiger partial charge in [-0.2, -0.15) is 0 Å². The summed E-state index contributed by atoms with van der Waals surface area (Å²) in [5.74, 6) is -0.447. The fraction of sp³-hybridized carbons (Fsp3) is 0.500. The van der Waals surface area contributed by atoms with E-state index in [0.717, 1.165) is 35.7 Å². The summed E-state index contributed by atoms with van der Waals surface area (Å²) in [6, 6.07) is 7.71. The van der Waals surface area contributed by atoms with Crippen LogP contribution in [0.4, 0.5) is 0 Å². The van der Waals surface area contributed by atoms with Gasteiger partial charge in [0.25, 0.3) is 0 Å². The van der Waals surface area contributed by atoms with Crippen LogP contribution in [0.25, 0.3) is 0 Å². The zero-order valence-corrected chi connectivity index (χ0v) is 11.5. The lowest BCUT2D eigenvalue weighted by atomic mass is 9.71. The largest absolute Gasteiger partial charge is 0.481 e. The maximum Gasteiger partial charge on any atom is 0.314 e. The molecule has 1 fully saturated rings. The SMILES string of the molecule is CC(C(=O)O)(c1cccc(Br)c1)C1CCCC1. The van der Waals surface area contributed by atoms with Crippen molar-refractivity contribution in [3.63, 3.8) is 0 Å². The molecule has 0 bridgehead atoms. The van der Waals surface area contributed by atoms with Crippen molar-refractivity contribution < 1.29 is 9.90 Å². The van der Waals surface area contributed by atoms with E-state index >= 15 is 0 Å². The van der Waals surface area contributed by atoms with Crippen LogP contribution in [-0.4, -0.2) is 11.1 Å². The Morgan fingerprint density at radius 3 is 2.59 bits per heavy atom. The molecule has 1 saturated carbocycles. The van der Waals surface area contributed by atoms with Crippen LogP contribution >= 0.6 is 15.9 Å². The number of carboxylic acid groups (broad SMARTS) is 1. The van der Waals surface area contributed by atoms with Gasteiger partial charge in [0.1, 0.15) is 0 Å². The van der Waals surface area contributed by atoms with Crippen LogP contribution in [0.1, 0.15) is 38.2 Å². The number of rotatable bonds is 3. The molecule has 1 atom stereocenters. The van der Waals surface area contributed by atoms with Gasteiger partial charge in [0.2, 0.25) is 0 Å². The predicted molar refractivity (Wildman–Crippen MR) is 71.1 cm³/mol. The molecule has 3 heteroatoms. The van der Waals surface area contributed by atoms with Gasteiger partial charge in [-0.15, -0.1) is 0 Å². The Morgan fingerprint density at radius 1 is 1.41 bits per heavy atom. The Bertz CT molecular complexity index is 424. The molecule has 1 N–H and O–H groups in total. The molecule has 0 heterocycles. The lowest BCUT2D eigenvalue weighted by molar-refractivity contribution is -0.145. The van der Waals surface area contributed by atoms with Gasteiger partial charge in [-0.05, 0) is 43.4 Å². The first kappa shape index (κ1) is 12.6. The number of halogens is 1. The number of hydrogen-bond acceptors (Lipinski definition) is 1. The van der Waals surface area contributed by atoms with E-state index in [2.05, 4.69) is 15.9 Å². The van der Waals surface area contributed by atoms with E-state index in [4.69, 9.17) is 0 Å².